The molecule has 0 fully saturated rings. The van der Waals surface area contributed by atoms with Crippen molar-refractivity contribution >= 4 is 25.3 Å². The van der Waals surface area contributed by atoms with Gasteiger partial charge in [0, 0.05) is 6.54 Å². The minimum absolute atomic E-state index is 0.162. The van der Waals surface area contributed by atoms with Crippen LogP contribution in [0, 0.1) is 5.92 Å². The molecule has 2 aromatic rings. The van der Waals surface area contributed by atoms with Crippen LogP contribution < -0.4 is 22.0 Å². The van der Waals surface area contributed by atoms with Crippen molar-refractivity contribution in [2.45, 2.75) is 31.8 Å². The molecule has 2 radical (unpaired) electrons. The normalized spacial score (nSPS) is 14.0. The summed E-state index contributed by atoms with van der Waals surface area (Å²) >= 11 is 0. The molecule has 0 saturated carbocycles. The third-order valence-electron chi connectivity index (χ3n) is 4.60. The second-order valence-electron chi connectivity index (χ2n) is 6.78. The molecule has 0 aliphatic carbocycles. The molecule has 3 unspecified atom stereocenters. The van der Waals surface area contributed by atoms with Gasteiger partial charge in [-0.2, -0.15) is 0 Å². The maximum Gasteiger partial charge on any atom is 0.235 e. The minimum atomic E-state index is -1.22. The second kappa shape index (κ2) is 11.3. The Balaban J connectivity index is 2.32. The zero-order chi connectivity index (χ0) is 21.2. The predicted molar refractivity (Wildman–Crippen MR) is 112 cm³/mol. The van der Waals surface area contributed by atoms with Crippen LogP contribution in [0.25, 0.3) is 0 Å². The van der Waals surface area contributed by atoms with Crippen molar-refractivity contribution in [1.29, 1.82) is 0 Å². The average molecular weight is 394 g/mol. The van der Waals surface area contributed by atoms with Crippen molar-refractivity contribution in [3.8, 4) is 0 Å². The molecular weight excluding hydrogens is 367 g/mol. The van der Waals surface area contributed by atoms with Crippen LogP contribution in [0.4, 0.5) is 0 Å². The zero-order valence-corrected chi connectivity index (χ0v) is 16.5. The number of hydrogen-bond acceptors (Lipinski definition) is 5. The standard InChI is InChI=1S/C21H27BN4O3/c1-2-7-15(14-8-4-3-5-9-14)26-21(29)18(20(23)28)19(24-12-13-27)16-10-6-11-17(22)25-16/h3-6,8-11,15,18-19,24,27H,2,7,12-13H2,1H3,(H2,23,28)(H,26,29). The summed E-state index contributed by atoms with van der Waals surface area (Å²) in [5, 5.41) is 15.2. The van der Waals surface area contributed by atoms with Gasteiger partial charge in [0.1, 0.15) is 13.8 Å². The molecule has 1 aromatic carbocycles. The van der Waals surface area contributed by atoms with Crippen molar-refractivity contribution < 1.29 is 14.7 Å². The van der Waals surface area contributed by atoms with Crippen molar-refractivity contribution in [1.82, 2.24) is 15.6 Å². The molecule has 0 bridgehead atoms. The molecule has 2 rings (SSSR count). The van der Waals surface area contributed by atoms with Gasteiger partial charge < -0.3 is 21.5 Å². The number of aliphatic hydroxyl groups excluding tert-OH is 1. The Bertz CT molecular complexity index is 804. The Morgan fingerprint density at radius 1 is 1.17 bits per heavy atom. The van der Waals surface area contributed by atoms with Crippen molar-refractivity contribution in [3.05, 3.63) is 59.8 Å². The van der Waals surface area contributed by atoms with Gasteiger partial charge in [0.05, 0.1) is 24.4 Å². The van der Waals surface area contributed by atoms with Gasteiger partial charge in [-0.3, -0.25) is 14.6 Å². The number of rotatable bonds is 11. The molecular formula is C21H27BN4O3. The van der Waals surface area contributed by atoms with E-state index in [9.17, 15) is 14.7 Å². The predicted octanol–water partition coefficient (Wildman–Crippen LogP) is 0.258. The third-order valence-corrected chi connectivity index (χ3v) is 4.60. The van der Waals surface area contributed by atoms with Gasteiger partial charge in [-0.25, -0.2) is 0 Å². The Hall–Kier alpha value is -2.71. The van der Waals surface area contributed by atoms with Crippen LogP contribution in [-0.2, 0) is 9.59 Å². The van der Waals surface area contributed by atoms with Crippen LogP contribution in [0.5, 0.6) is 0 Å². The Labute approximate surface area is 172 Å². The summed E-state index contributed by atoms with van der Waals surface area (Å²) in [6.45, 7) is 2.01. The fourth-order valence-electron chi connectivity index (χ4n) is 3.26. The number of aliphatic hydroxyl groups is 1. The van der Waals surface area contributed by atoms with Crippen LogP contribution >= 0.6 is 0 Å². The van der Waals surface area contributed by atoms with E-state index in [0.29, 0.717) is 12.1 Å². The Morgan fingerprint density at radius 2 is 1.90 bits per heavy atom. The first-order valence-electron chi connectivity index (χ1n) is 9.69. The fraction of sp³-hybridized carbons (Fsp3) is 0.381. The minimum Gasteiger partial charge on any atom is -0.395 e. The summed E-state index contributed by atoms with van der Waals surface area (Å²) in [7, 11) is 5.77. The van der Waals surface area contributed by atoms with Gasteiger partial charge >= 0.3 is 0 Å². The number of nitrogens with one attached hydrogen (secondary N) is 2. The lowest BCUT2D eigenvalue weighted by Gasteiger charge is -2.27. The lowest BCUT2D eigenvalue weighted by atomic mass is 9.92. The first kappa shape index (κ1) is 22.6. The van der Waals surface area contributed by atoms with E-state index in [1.165, 1.54) is 0 Å². The summed E-state index contributed by atoms with van der Waals surface area (Å²) in [5.41, 5.74) is 7.23. The molecule has 3 atom stereocenters. The molecule has 1 heterocycles. The van der Waals surface area contributed by atoms with Gasteiger partial charge in [-0.1, -0.05) is 55.8 Å². The number of carbonyl (C=O) groups is 2. The quantitative estimate of drug-likeness (QED) is 0.322. The maximum atomic E-state index is 13.1. The highest BCUT2D eigenvalue weighted by Gasteiger charge is 2.36. The molecule has 152 valence electrons. The number of primary amides is 1. The SMILES string of the molecule is [B]c1cccc(C(NCCO)C(C(N)=O)C(=O)NC(CCC)c2ccccc2)n1. The molecule has 0 saturated heterocycles. The lowest BCUT2D eigenvalue weighted by molar-refractivity contribution is -0.135. The van der Waals surface area contributed by atoms with Crippen LogP contribution in [0.2, 0.25) is 0 Å². The molecule has 5 N–H and O–H groups in total. The van der Waals surface area contributed by atoms with Crippen LogP contribution in [0.15, 0.2) is 48.5 Å². The molecule has 0 spiro atoms. The van der Waals surface area contributed by atoms with Crippen molar-refractivity contribution in [2.24, 2.45) is 11.7 Å². The number of carbonyl (C=O) groups excluding carboxylic acids is 2. The van der Waals surface area contributed by atoms with E-state index in [1.54, 1.807) is 18.2 Å². The van der Waals surface area contributed by atoms with Gasteiger partial charge in [0.2, 0.25) is 11.8 Å². The molecule has 0 aliphatic heterocycles. The highest BCUT2D eigenvalue weighted by atomic mass is 16.3. The fourth-order valence-corrected chi connectivity index (χ4v) is 3.26. The highest BCUT2D eigenvalue weighted by Crippen LogP contribution is 2.24. The maximum absolute atomic E-state index is 13.1. The third kappa shape index (κ3) is 6.40. The molecule has 2 amide bonds. The number of amides is 2. The monoisotopic (exact) mass is 394 g/mol. The van der Waals surface area contributed by atoms with E-state index in [4.69, 9.17) is 13.6 Å². The number of benzene rings is 1. The number of hydrogen-bond donors (Lipinski definition) is 4. The van der Waals surface area contributed by atoms with Crippen molar-refractivity contribution in [2.75, 3.05) is 13.2 Å². The largest absolute Gasteiger partial charge is 0.395 e. The van der Waals surface area contributed by atoms with Gasteiger partial charge in [0.15, 0.2) is 0 Å². The van der Waals surface area contributed by atoms with Crippen molar-refractivity contribution in [3.63, 3.8) is 0 Å². The van der Waals surface area contributed by atoms with Crippen LogP contribution in [0.3, 0.4) is 0 Å². The summed E-state index contributed by atoms with van der Waals surface area (Å²) in [4.78, 5) is 29.6. The van der Waals surface area contributed by atoms with Crippen LogP contribution in [-0.4, -0.2) is 42.9 Å². The molecule has 0 aliphatic rings. The molecule has 7 nitrogen and oxygen atoms in total. The number of aromatic nitrogens is 1. The smallest absolute Gasteiger partial charge is 0.235 e. The van der Waals surface area contributed by atoms with Gasteiger partial charge in [-0.15, -0.1) is 0 Å². The van der Waals surface area contributed by atoms with E-state index >= 15 is 0 Å². The molecule has 8 heteroatoms. The van der Waals surface area contributed by atoms with E-state index in [1.807, 2.05) is 37.3 Å². The van der Waals surface area contributed by atoms with Crippen LogP contribution in [0.1, 0.15) is 43.1 Å². The summed E-state index contributed by atoms with van der Waals surface area (Å²) in [6.07, 6.45) is 1.57. The van der Waals surface area contributed by atoms with E-state index in [-0.39, 0.29) is 24.8 Å². The molecule has 29 heavy (non-hydrogen) atoms. The van der Waals surface area contributed by atoms with E-state index in [2.05, 4.69) is 15.6 Å². The van der Waals surface area contributed by atoms with Gasteiger partial charge in [0.25, 0.3) is 0 Å². The average Bonchev–Trinajstić information content (AvgIpc) is 2.71. The lowest BCUT2D eigenvalue weighted by Crippen LogP contribution is -2.48. The Kier molecular flexibility index (Phi) is 8.83. The number of nitrogens with zero attached hydrogens (tertiary/aromatic N) is 1. The molecule has 1 aromatic heterocycles. The Morgan fingerprint density at radius 3 is 2.48 bits per heavy atom. The van der Waals surface area contributed by atoms with E-state index in [0.717, 1.165) is 12.0 Å². The first-order valence-corrected chi connectivity index (χ1v) is 9.69. The number of pyridine rings is 1. The summed E-state index contributed by atoms with van der Waals surface area (Å²) < 4.78 is 0. The second-order valence-corrected chi connectivity index (χ2v) is 6.78. The summed E-state index contributed by atoms with van der Waals surface area (Å²) in [5.74, 6) is -2.51. The zero-order valence-electron chi connectivity index (χ0n) is 16.5. The number of nitrogens with two attached hydrogens (primary N) is 1. The topological polar surface area (TPSA) is 117 Å². The summed E-state index contributed by atoms with van der Waals surface area (Å²) in [6, 6.07) is 13.5. The first-order chi connectivity index (χ1) is 14.0. The van der Waals surface area contributed by atoms with Gasteiger partial charge in [-0.05, 0) is 23.6 Å². The highest BCUT2D eigenvalue weighted by molar-refractivity contribution is 6.30. The van der Waals surface area contributed by atoms with E-state index < -0.39 is 23.8 Å².